The van der Waals surface area contributed by atoms with Gasteiger partial charge in [-0.25, -0.2) is 0 Å². The van der Waals surface area contributed by atoms with Crippen LogP contribution in [0.4, 0.5) is 0 Å². The van der Waals surface area contributed by atoms with Gasteiger partial charge in [0, 0.05) is 0 Å². The normalized spacial score (nSPS) is 12.3. The van der Waals surface area contributed by atoms with Gasteiger partial charge in [0.1, 0.15) is 6.29 Å². The van der Waals surface area contributed by atoms with E-state index in [1.54, 1.807) is 0 Å². The third-order valence-electron chi connectivity index (χ3n) is 4.95. The van der Waals surface area contributed by atoms with Crippen LogP contribution in [0.15, 0.2) is 24.3 Å². The molecule has 0 amide bonds. The van der Waals surface area contributed by atoms with Gasteiger partial charge in [-0.3, -0.25) is 14.4 Å². The second-order valence-electron chi connectivity index (χ2n) is 8.30. The first-order valence-electron chi connectivity index (χ1n) is 14.5. The number of carbonyl (C=O) groups is 3. The Kier molecular flexibility index (Phi) is 33.9. The van der Waals surface area contributed by atoms with E-state index in [-0.39, 0.29) is 38.3 Å². The molecule has 0 aromatic heterocycles. The van der Waals surface area contributed by atoms with Crippen LogP contribution in [0.25, 0.3) is 0 Å². The van der Waals surface area contributed by atoms with E-state index in [1.807, 2.05) is 0 Å². The number of ketones is 1. The van der Waals surface area contributed by atoms with Crippen LogP contribution in [-0.2, 0) is 66.5 Å². The molecule has 1 N–H and O–H groups in total. The number of Topliss-reactive ketones (excluding diaryl/α,β-unsaturated/α-hetero) is 1. The topological polar surface area (TPSA) is 173 Å². The number of allylic oxidation sites excluding steroid dienone is 1. The van der Waals surface area contributed by atoms with Crippen LogP contribution in [0.1, 0.15) is 0 Å². The Bertz CT molecular complexity index is 704. The lowest BCUT2D eigenvalue weighted by Crippen LogP contribution is -2.31. The van der Waals surface area contributed by atoms with Crippen molar-refractivity contribution in [1.82, 2.24) is 0 Å². The summed E-state index contributed by atoms with van der Waals surface area (Å²) in [5, 5.41) is 8.57. The van der Waals surface area contributed by atoms with Crippen molar-refractivity contribution in [3.63, 3.8) is 0 Å². The maximum Gasteiger partial charge on any atom is 0.223 e. The smallest absolute Gasteiger partial charge is 0.223 e. The van der Waals surface area contributed by atoms with E-state index in [0.717, 1.165) is 6.08 Å². The van der Waals surface area contributed by atoms with E-state index in [1.165, 1.54) is 6.08 Å². The van der Waals surface area contributed by atoms with E-state index in [0.29, 0.717) is 119 Å². The molecule has 0 saturated carbocycles. The molecule has 256 valence electrons. The predicted molar refractivity (Wildman–Crippen MR) is 156 cm³/mol. The lowest BCUT2D eigenvalue weighted by molar-refractivity contribution is -0.167. The monoisotopic (exact) mass is 638 g/mol. The molecule has 0 rings (SSSR count). The van der Waals surface area contributed by atoms with Crippen LogP contribution >= 0.6 is 0 Å². The quantitative estimate of drug-likeness (QED) is 0.0176. The maximum atomic E-state index is 12.2. The predicted octanol–water partition coefficient (Wildman–Crippen LogP) is -0.433. The van der Waals surface area contributed by atoms with Gasteiger partial charge in [0.15, 0.2) is 6.29 Å². The number of ether oxygens (including phenoxy) is 11. The maximum absolute atomic E-state index is 12.2. The van der Waals surface area contributed by atoms with Gasteiger partial charge in [0.05, 0.1) is 144 Å². The van der Waals surface area contributed by atoms with Crippen molar-refractivity contribution in [3.8, 4) is 0 Å². The zero-order valence-corrected chi connectivity index (χ0v) is 25.6. The van der Waals surface area contributed by atoms with E-state index in [9.17, 15) is 14.4 Å². The first-order chi connectivity index (χ1) is 21.7. The van der Waals surface area contributed by atoms with Gasteiger partial charge in [-0.15, -0.1) is 6.58 Å². The van der Waals surface area contributed by atoms with Crippen LogP contribution in [-0.4, -0.2) is 168 Å². The van der Waals surface area contributed by atoms with Gasteiger partial charge in [-0.1, -0.05) is 6.08 Å². The molecule has 0 radical (unpaired) electrons. The van der Waals surface area contributed by atoms with Crippen molar-refractivity contribution < 1.29 is 71.6 Å². The Morgan fingerprint density at radius 1 is 0.545 bits per heavy atom. The van der Waals surface area contributed by atoms with Gasteiger partial charge < -0.3 is 57.2 Å². The van der Waals surface area contributed by atoms with Crippen molar-refractivity contribution in [2.24, 2.45) is 0 Å². The molecular weight excluding hydrogens is 588 g/mol. The van der Waals surface area contributed by atoms with Gasteiger partial charge in [-0.2, -0.15) is 0 Å². The van der Waals surface area contributed by atoms with Crippen LogP contribution in [0.3, 0.4) is 0 Å². The minimum Gasteiger partial charge on any atom is -0.394 e. The summed E-state index contributed by atoms with van der Waals surface area (Å²) in [6.45, 7) is 11.1. The zero-order chi connectivity index (χ0) is 32.2. The van der Waals surface area contributed by atoms with Gasteiger partial charge in [0.25, 0.3) is 0 Å². The van der Waals surface area contributed by atoms with Crippen LogP contribution in [0.2, 0.25) is 0 Å². The first-order valence-corrected chi connectivity index (χ1v) is 14.5. The molecule has 0 aromatic carbocycles. The van der Waals surface area contributed by atoms with Crippen molar-refractivity contribution >= 4 is 18.4 Å². The summed E-state index contributed by atoms with van der Waals surface area (Å²) in [5.74, 6) is -0.756. The average Bonchev–Trinajstić information content (AvgIpc) is 3.04. The summed E-state index contributed by atoms with van der Waals surface area (Å²) in [7, 11) is 0. The third kappa shape index (κ3) is 28.8. The van der Waals surface area contributed by atoms with E-state index >= 15 is 0 Å². The molecule has 1 unspecified atom stereocenters. The first kappa shape index (κ1) is 42.0. The minimum absolute atomic E-state index is 0.0118. The molecular formula is C29H50O15. The van der Waals surface area contributed by atoms with Crippen molar-refractivity contribution in [2.45, 2.75) is 6.29 Å². The fourth-order valence-corrected chi connectivity index (χ4v) is 2.88. The number of aliphatic hydroxyl groups is 1. The lowest BCUT2D eigenvalue weighted by atomic mass is 10.2. The summed E-state index contributed by atoms with van der Waals surface area (Å²) >= 11 is 0. The summed E-state index contributed by atoms with van der Waals surface area (Å²) in [6.07, 6.45) is 1.54. The van der Waals surface area contributed by atoms with Crippen molar-refractivity contribution in [2.75, 3.05) is 139 Å². The van der Waals surface area contributed by atoms with Gasteiger partial charge >= 0.3 is 0 Å². The molecule has 15 nitrogen and oxygen atoms in total. The second kappa shape index (κ2) is 35.5. The van der Waals surface area contributed by atoms with Crippen molar-refractivity contribution in [1.29, 1.82) is 0 Å². The molecule has 0 saturated heterocycles. The number of aldehydes is 2. The Hall–Kier alpha value is -1.99. The molecule has 0 aliphatic rings. The van der Waals surface area contributed by atoms with Crippen LogP contribution in [0.5, 0.6) is 0 Å². The SMILES string of the molecule is C=CCOC(OCCOCCOCCOCCOCCOCCOCCOCCOCCOCCO)C(=O)/C(C=O)=C/C=O. The number of aliphatic hydroxyl groups excluding tert-OH is 1. The molecule has 44 heavy (non-hydrogen) atoms. The Balaban J connectivity index is 3.39. The Morgan fingerprint density at radius 3 is 1.18 bits per heavy atom. The number of hydrogen-bond donors (Lipinski definition) is 1. The van der Waals surface area contributed by atoms with E-state index in [4.69, 9.17) is 57.2 Å². The second-order valence-corrected chi connectivity index (χ2v) is 8.30. The molecule has 0 bridgehead atoms. The fraction of sp³-hybridized carbons (Fsp3) is 0.759. The highest BCUT2D eigenvalue weighted by Gasteiger charge is 2.23. The Labute approximate surface area is 259 Å². The van der Waals surface area contributed by atoms with Crippen LogP contribution in [0, 0.1) is 0 Å². The molecule has 1 atom stereocenters. The standard InChI is InChI=1S/C29H50O15/c1-2-6-43-29(28(33)27(26-32)3-4-30)44-25-24-42-23-22-41-21-20-40-19-18-39-17-16-38-15-14-37-13-12-36-11-10-35-9-8-34-7-5-31/h2-4,26,29,31H,1,5-25H2/b27-3+. The summed E-state index contributed by atoms with van der Waals surface area (Å²) in [6, 6.07) is 0. The Morgan fingerprint density at radius 2 is 0.886 bits per heavy atom. The van der Waals surface area contributed by atoms with Gasteiger partial charge in [-0.05, 0) is 6.08 Å². The summed E-state index contributed by atoms with van der Waals surface area (Å²) in [4.78, 5) is 33.7. The fourth-order valence-electron chi connectivity index (χ4n) is 2.88. The largest absolute Gasteiger partial charge is 0.394 e. The van der Waals surface area contributed by atoms with Crippen molar-refractivity contribution in [3.05, 3.63) is 24.3 Å². The van der Waals surface area contributed by atoms with E-state index in [2.05, 4.69) is 6.58 Å². The molecule has 0 spiro atoms. The molecule has 15 heteroatoms. The summed E-state index contributed by atoms with van der Waals surface area (Å²) in [5.41, 5.74) is -0.347. The zero-order valence-electron chi connectivity index (χ0n) is 25.6. The highest BCUT2D eigenvalue weighted by Crippen LogP contribution is 2.05. The highest BCUT2D eigenvalue weighted by atomic mass is 16.7. The molecule has 0 aromatic rings. The number of carbonyl (C=O) groups excluding carboxylic acids is 3. The number of rotatable bonds is 37. The third-order valence-corrected chi connectivity index (χ3v) is 4.95. The average molecular weight is 639 g/mol. The number of hydrogen-bond acceptors (Lipinski definition) is 15. The summed E-state index contributed by atoms with van der Waals surface area (Å²) < 4.78 is 58.8. The molecule has 0 heterocycles. The minimum atomic E-state index is -1.35. The molecule has 0 aliphatic carbocycles. The van der Waals surface area contributed by atoms with Gasteiger partial charge in [0.2, 0.25) is 12.1 Å². The van der Waals surface area contributed by atoms with Crippen LogP contribution < -0.4 is 0 Å². The highest BCUT2D eigenvalue weighted by molar-refractivity contribution is 6.15. The molecule has 0 fully saturated rings. The lowest BCUT2D eigenvalue weighted by Gasteiger charge is -2.16. The van der Waals surface area contributed by atoms with E-state index < -0.39 is 12.1 Å². The molecule has 0 aliphatic heterocycles.